The molecule has 1 saturated heterocycles. The predicted molar refractivity (Wildman–Crippen MR) is 83.8 cm³/mol. The van der Waals surface area contributed by atoms with Gasteiger partial charge in [0.05, 0.1) is 11.8 Å². The molecule has 0 aromatic carbocycles. The fraction of sp³-hybridized carbons (Fsp3) is 0.714. The fourth-order valence-corrected chi connectivity index (χ4v) is 4.18. The van der Waals surface area contributed by atoms with Crippen molar-refractivity contribution < 1.29 is 12.8 Å². The summed E-state index contributed by atoms with van der Waals surface area (Å²) in [6.07, 6.45) is 0.807. The maximum Gasteiger partial charge on any atom is 0.216 e. The summed E-state index contributed by atoms with van der Waals surface area (Å²) in [4.78, 5) is 0. The SMILES string of the molecule is CC(C)S(=O)(=O)N1CC[C@H](NCc2ccc(Cl)o2)[C@@H](C)C1. The molecular weight excluding hydrogens is 312 g/mol. The van der Waals surface area contributed by atoms with Gasteiger partial charge in [0.2, 0.25) is 10.0 Å². The summed E-state index contributed by atoms with van der Waals surface area (Å²) in [7, 11) is -3.15. The Labute approximate surface area is 131 Å². The molecule has 0 amide bonds. The number of rotatable bonds is 5. The Hall–Kier alpha value is -0.560. The van der Waals surface area contributed by atoms with E-state index in [2.05, 4.69) is 12.2 Å². The highest BCUT2D eigenvalue weighted by Crippen LogP contribution is 2.22. The van der Waals surface area contributed by atoms with Crippen molar-refractivity contribution in [3.05, 3.63) is 23.1 Å². The lowest BCUT2D eigenvalue weighted by Crippen LogP contribution is -2.51. The van der Waals surface area contributed by atoms with Crippen LogP contribution in [0.1, 0.15) is 33.0 Å². The van der Waals surface area contributed by atoms with Crippen LogP contribution >= 0.6 is 11.6 Å². The summed E-state index contributed by atoms with van der Waals surface area (Å²) < 4.78 is 31.3. The number of hydrogen-bond acceptors (Lipinski definition) is 4. The standard InChI is InChI=1S/C14H23ClN2O3S/c1-10(2)21(18,19)17-7-6-13(11(3)9-17)16-8-12-4-5-14(15)20-12/h4-5,10-11,13,16H,6-9H2,1-3H3/t11-,13-/m0/s1. The lowest BCUT2D eigenvalue weighted by molar-refractivity contribution is 0.215. The van der Waals surface area contributed by atoms with Gasteiger partial charge in [0.1, 0.15) is 5.76 Å². The summed E-state index contributed by atoms with van der Waals surface area (Å²) in [5.74, 6) is 1.06. The first kappa shape index (κ1) is 16.8. The zero-order chi connectivity index (χ0) is 15.6. The maximum absolute atomic E-state index is 12.2. The molecule has 1 fully saturated rings. The minimum atomic E-state index is -3.15. The van der Waals surface area contributed by atoms with E-state index in [-0.39, 0.29) is 17.2 Å². The number of piperidine rings is 1. The number of sulfonamides is 1. The first-order valence-electron chi connectivity index (χ1n) is 7.27. The Morgan fingerprint density at radius 3 is 2.71 bits per heavy atom. The van der Waals surface area contributed by atoms with E-state index in [1.165, 1.54) is 0 Å². The molecule has 0 spiro atoms. The molecule has 5 nitrogen and oxygen atoms in total. The normalized spacial score (nSPS) is 24.6. The molecule has 2 rings (SSSR count). The molecule has 0 radical (unpaired) electrons. The topological polar surface area (TPSA) is 62.6 Å². The molecule has 1 aromatic heterocycles. The van der Waals surface area contributed by atoms with Crippen LogP contribution in [-0.4, -0.2) is 37.1 Å². The minimum Gasteiger partial charge on any atom is -0.448 e. The van der Waals surface area contributed by atoms with Gasteiger partial charge in [0.15, 0.2) is 5.22 Å². The zero-order valence-electron chi connectivity index (χ0n) is 12.7. The second-order valence-corrected chi connectivity index (χ2v) is 8.77. The number of nitrogens with zero attached hydrogens (tertiary/aromatic N) is 1. The van der Waals surface area contributed by atoms with E-state index in [1.54, 1.807) is 24.2 Å². The van der Waals surface area contributed by atoms with E-state index >= 15 is 0 Å². The molecule has 2 heterocycles. The highest BCUT2D eigenvalue weighted by molar-refractivity contribution is 7.89. The smallest absolute Gasteiger partial charge is 0.216 e. The summed E-state index contributed by atoms with van der Waals surface area (Å²) in [5.41, 5.74) is 0. The van der Waals surface area contributed by atoms with Crippen LogP contribution in [0, 0.1) is 5.92 Å². The van der Waals surface area contributed by atoms with Crippen molar-refractivity contribution in [3.8, 4) is 0 Å². The second-order valence-electron chi connectivity index (χ2n) is 5.91. The van der Waals surface area contributed by atoms with Crippen molar-refractivity contribution in [2.75, 3.05) is 13.1 Å². The third-order valence-electron chi connectivity index (χ3n) is 3.99. The predicted octanol–water partition coefficient (Wildman–Crippen LogP) is 2.47. The van der Waals surface area contributed by atoms with Gasteiger partial charge in [-0.2, -0.15) is 0 Å². The molecule has 1 aromatic rings. The lowest BCUT2D eigenvalue weighted by atomic mass is 9.95. The van der Waals surface area contributed by atoms with E-state index in [0.717, 1.165) is 12.2 Å². The quantitative estimate of drug-likeness (QED) is 0.898. The summed E-state index contributed by atoms with van der Waals surface area (Å²) >= 11 is 5.74. The molecule has 1 aliphatic rings. The van der Waals surface area contributed by atoms with Crippen molar-refractivity contribution in [2.45, 2.75) is 45.0 Å². The minimum absolute atomic E-state index is 0.262. The average molecular weight is 335 g/mol. The number of halogens is 1. The third kappa shape index (κ3) is 4.00. The molecular formula is C14H23ClN2O3S. The van der Waals surface area contributed by atoms with Gasteiger partial charge in [-0.1, -0.05) is 6.92 Å². The molecule has 0 unspecified atom stereocenters. The summed E-state index contributed by atoms with van der Waals surface area (Å²) in [5, 5.41) is 3.45. The molecule has 2 atom stereocenters. The fourth-order valence-electron chi connectivity index (χ4n) is 2.62. The van der Waals surface area contributed by atoms with E-state index in [0.29, 0.717) is 24.9 Å². The Bertz CT molecular complexity index is 571. The molecule has 120 valence electrons. The number of furan rings is 1. The van der Waals surface area contributed by atoms with E-state index in [9.17, 15) is 8.42 Å². The number of hydrogen-bond donors (Lipinski definition) is 1. The number of nitrogens with one attached hydrogen (secondary N) is 1. The first-order chi connectivity index (χ1) is 9.80. The first-order valence-corrected chi connectivity index (χ1v) is 9.15. The summed E-state index contributed by atoms with van der Waals surface area (Å²) in [6.45, 7) is 7.28. The van der Waals surface area contributed by atoms with Crippen LogP contribution < -0.4 is 5.32 Å². The molecule has 1 aliphatic heterocycles. The van der Waals surface area contributed by atoms with E-state index < -0.39 is 10.0 Å². The van der Waals surface area contributed by atoms with E-state index in [1.807, 2.05) is 6.07 Å². The zero-order valence-corrected chi connectivity index (χ0v) is 14.2. The highest BCUT2D eigenvalue weighted by Gasteiger charge is 2.33. The Morgan fingerprint density at radius 1 is 1.48 bits per heavy atom. The van der Waals surface area contributed by atoms with Crippen LogP contribution in [0.25, 0.3) is 0 Å². The van der Waals surface area contributed by atoms with Crippen LogP contribution in [-0.2, 0) is 16.6 Å². The van der Waals surface area contributed by atoms with Crippen molar-refractivity contribution in [2.24, 2.45) is 5.92 Å². The molecule has 0 aliphatic carbocycles. The van der Waals surface area contributed by atoms with Crippen LogP contribution in [0.3, 0.4) is 0 Å². The van der Waals surface area contributed by atoms with Crippen molar-refractivity contribution in [3.63, 3.8) is 0 Å². The third-order valence-corrected chi connectivity index (χ3v) is 6.44. The Morgan fingerprint density at radius 2 is 2.19 bits per heavy atom. The molecule has 0 bridgehead atoms. The second kappa shape index (κ2) is 6.69. The van der Waals surface area contributed by atoms with Gasteiger partial charge in [0, 0.05) is 19.1 Å². The Balaban J connectivity index is 1.89. The van der Waals surface area contributed by atoms with Gasteiger partial charge in [-0.05, 0) is 49.9 Å². The van der Waals surface area contributed by atoms with Crippen LogP contribution in [0.5, 0.6) is 0 Å². The van der Waals surface area contributed by atoms with Gasteiger partial charge in [-0.3, -0.25) is 0 Å². The molecule has 21 heavy (non-hydrogen) atoms. The van der Waals surface area contributed by atoms with Crippen molar-refractivity contribution >= 4 is 21.6 Å². The van der Waals surface area contributed by atoms with Crippen LogP contribution in [0.2, 0.25) is 5.22 Å². The van der Waals surface area contributed by atoms with Gasteiger partial charge in [-0.15, -0.1) is 0 Å². The van der Waals surface area contributed by atoms with Crippen LogP contribution in [0.15, 0.2) is 16.5 Å². The van der Waals surface area contributed by atoms with Gasteiger partial charge < -0.3 is 9.73 Å². The highest BCUT2D eigenvalue weighted by atomic mass is 35.5. The molecule has 7 heteroatoms. The Kier molecular flexibility index (Phi) is 5.35. The van der Waals surface area contributed by atoms with Crippen molar-refractivity contribution in [1.82, 2.24) is 9.62 Å². The lowest BCUT2D eigenvalue weighted by Gasteiger charge is -2.37. The molecule has 1 N–H and O–H groups in total. The summed E-state index contributed by atoms with van der Waals surface area (Å²) in [6, 6.07) is 3.85. The molecule has 0 saturated carbocycles. The van der Waals surface area contributed by atoms with Crippen molar-refractivity contribution in [1.29, 1.82) is 0 Å². The maximum atomic E-state index is 12.2. The van der Waals surface area contributed by atoms with Gasteiger partial charge in [-0.25, -0.2) is 12.7 Å². The monoisotopic (exact) mass is 334 g/mol. The van der Waals surface area contributed by atoms with E-state index in [4.69, 9.17) is 16.0 Å². The average Bonchev–Trinajstić information content (AvgIpc) is 2.82. The van der Waals surface area contributed by atoms with Gasteiger partial charge in [0.25, 0.3) is 0 Å². The van der Waals surface area contributed by atoms with Gasteiger partial charge >= 0.3 is 0 Å². The largest absolute Gasteiger partial charge is 0.448 e. The van der Waals surface area contributed by atoms with Crippen LogP contribution in [0.4, 0.5) is 0 Å².